The minimum absolute atomic E-state index is 0.0633. The number of anilines is 1. The van der Waals surface area contributed by atoms with Crippen molar-refractivity contribution in [2.24, 2.45) is 4.99 Å². The summed E-state index contributed by atoms with van der Waals surface area (Å²) >= 11 is 1.76. The SMILES string of the molecule is CN=C(NCC(=O)N1CCc2sccc2C1)NC1CCN(c2ncccc2F)C1. The number of fused-ring (bicyclic) bond motifs is 1. The fourth-order valence-corrected chi connectivity index (χ4v) is 4.69. The van der Waals surface area contributed by atoms with Crippen LogP contribution in [0, 0.1) is 5.82 Å². The van der Waals surface area contributed by atoms with Crippen molar-refractivity contribution < 1.29 is 9.18 Å². The second kappa shape index (κ2) is 8.77. The lowest BCUT2D eigenvalue weighted by Crippen LogP contribution is -2.48. The Hall–Kier alpha value is -2.68. The van der Waals surface area contributed by atoms with Crippen LogP contribution in [-0.4, -0.2) is 61.0 Å². The number of nitrogens with zero attached hydrogens (tertiary/aromatic N) is 4. The maximum Gasteiger partial charge on any atom is 0.242 e. The Morgan fingerprint density at radius 1 is 1.41 bits per heavy atom. The van der Waals surface area contributed by atoms with Gasteiger partial charge in [-0.05, 0) is 42.0 Å². The van der Waals surface area contributed by atoms with Gasteiger partial charge in [-0.1, -0.05) is 0 Å². The molecule has 0 spiro atoms. The van der Waals surface area contributed by atoms with Gasteiger partial charge < -0.3 is 20.4 Å². The lowest BCUT2D eigenvalue weighted by molar-refractivity contribution is -0.130. The van der Waals surface area contributed by atoms with E-state index in [1.54, 1.807) is 30.6 Å². The number of nitrogens with one attached hydrogen (secondary N) is 2. The number of rotatable bonds is 4. The third kappa shape index (κ3) is 4.50. The van der Waals surface area contributed by atoms with E-state index in [4.69, 9.17) is 0 Å². The molecular weight excluding hydrogens is 391 g/mol. The molecule has 0 saturated carbocycles. The predicted octanol–water partition coefficient (Wildman–Crippen LogP) is 1.61. The van der Waals surface area contributed by atoms with Crippen LogP contribution < -0.4 is 15.5 Å². The molecule has 0 bridgehead atoms. The zero-order valence-corrected chi connectivity index (χ0v) is 17.2. The Bertz CT molecular complexity index is 901. The van der Waals surface area contributed by atoms with E-state index in [1.807, 2.05) is 9.80 Å². The van der Waals surface area contributed by atoms with Gasteiger partial charge in [0.15, 0.2) is 17.6 Å². The third-order valence-electron chi connectivity index (χ3n) is 5.36. The van der Waals surface area contributed by atoms with E-state index in [9.17, 15) is 9.18 Å². The van der Waals surface area contributed by atoms with Crippen molar-refractivity contribution in [2.45, 2.75) is 25.4 Å². The predicted molar refractivity (Wildman–Crippen MR) is 113 cm³/mol. The molecular formula is C20H25FN6OS. The second-order valence-corrected chi connectivity index (χ2v) is 8.25. The van der Waals surface area contributed by atoms with E-state index < -0.39 is 0 Å². The molecule has 1 unspecified atom stereocenters. The van der Waals surface area contributed by atoms with Crippen LogP contribution in [0.5, 0.6) is 0 Å². The first kappa shape index (κ1) is 19.6. The summed E-state index contributed by atoms with van der Waals surface area (Å²) in [4.78, 5) is 26.2. The van der Waals surface area contributed by atoms with Gasteiger partial charge in [0.05, 0.1) is 6.54 Å². The minimum atomic E-state index is -0.309. The molecule has 2 aliphatic rings. The van der Waals surface area contributed by atoms with Gasteiger partial charge >= 0.3 is 0 Å². The highest BCUT2D eigenvalue weighted by atomic mass is 32.1. The van der Waals surface area contributed by atoms with E-state index in [1.165, 1.54) is 16.5 Å². The van der Waals surface area contributed by atoms with Crippen molar-refractivity contribution in [2.75, 3.05) is 38.1 Å². The van der Waals surface area contributed by atoms with Gasteiger partial charge in [0, 0.05) is 50.3 Å². The molecule has 1 fully saturated rings. The van der Waals surface area contributed by atoms with Gasteiger partial charge in [0.1, 0.15) is 0 Å². The molecule has 4 heterocycles. The summed E-state index contributed by atoms with van der Waals surface area (Å²) in [6.07, 6.45) is 3.37. The zero-order chi connectivity index (χ0) is 20.2. The summed E-state index contributed by atoms with van der Waals surface area (Å²) in [6.45, 7) is 2.99. The summed E-state index contributed by atoms with van der Waals surface area (Å²) < 4.78 is 14.0. The summed E-state index contributed by atoms with van der Waals surface area (Å²) in [7, 11) is 1.68. The van der Waals surface area contributed by atoms with Crippen LogP contribution in [0.25, 0.3) is 0 Å². The van der Waals surface area contributed by atoms with Gasteiger partial charge in [0.25, 0.3) is 0 Å². The van der Waals surface area contributed by atoms with Crippen LogP contribution in [0.3, 0.4) is 0 Å². The number of halogens is 1. The number of carbonyl (C=O) groups is 1. The van der Waals surface area contributed by atoms with Crippen molar-refractivity contribution in [3.8, 4) is 0 Å². The summed E-state index contributed by atoms with van der Waals surface area (Å²) in [5, 5.41) is 8.54. The van der Waals surface area contributed by atoms with E-state index in [2.05, 4.69) is 32.1 Å². The number of hydrogen-bond acceptors (Lipinski definition) is 5. The highest BCUT2D eigenvalue weighted by Crippen LogP contribution is 2.24. The van der Waals surface area contributed by atoms with Crippen molar-refractivity contribution in [3.63, 3.8) is 0 Å². The topological polar surface area (TPSA) is 72.9 Å². The molecule has 2 N–H and O–H groups in total. The maximum absolute atomic E-state index is 14.0. The van der Waals surface area contributed by atoms with Gasteiger partial charge in [-0.25, -0.2) is 9.37 Å². The standard InChI is InChI=1S/C20H25FN6OS/c1-22-20(24-11-18(28)26-9-5-17-14(12-26)6-10-29-17)25-15-4-8-27(13-15)19-16(21)3-2-7-23-19/h2-3,6-7,10,15H,4-5,8-9,11-13H2,1H3,(H2,22,24,25). The largest absolute Gasteiger partial charge is 0.352 e. The summed E-state index contributed by atoms with van der Waals surface area (Å²) in [5.74, 6) is 0.720. The highest BCUT2D eigenvalue weighted by Gasteiger charge is 2.26. The minimum Gasteiger partial charge on any atom is -0.352 e. The normalized spacial score (nSPS) is 19.2. The number of aliphatic imine (C=N–C) groups is 1. The van der Waals surface area contributed by atoms with Crippen molar-refractivity contribution >= 4 is 29.0 Å². The Labute approximate surface area is 173 Å². The summed E-state index contributed by atoms with van der Waals surface area (Å²) in [6, 6.07) is 5.23. The van der Waals surface area contributed by atoms with Crippen LogP contribution in [-0.2, 0) is 17.8 Å². The van der Waals surface area contributed by atoms with Crippen LogP contribution in [0.1, 0.15) is 16.9 Å². The van der Waals surface area contributed by atoms with E-state index in [-0.39, 0.29) is 24.3 Å². The molecule has 2 aromatic rings. The Kier molecular flexibility index (Phi) is 5.94. The smallest absolute Gasteiger partial charge is 0.242 e. The van der Waals surface area contributed by atoms with Crippen LogP contribution in [0.4, 0.5) is 10.2 Å². The Balaban J connectivity index is 1.26. The van der Waals surface area contributed by atoms with Crippen molar-refractivity contribution in [1.29, 1.82) is 0 Å². The number of hydrogen-bond donors (Lipinski definition) is 2. The van der Waals surface area contributed by atoms with Crippen LogP contribution in [0.2, 0.25) is 0 Å². The molecule has 2 aliphatic heterocycles. The van der Waals surface area contributed by atoms with E-state index in [0.717, 1.165) is 25.9 Å². The fourth-order valence-electron chi connectivity index (χ4n) is 3.80. The van der Waals surface area contributed by atoms with Crippen molar-refractivity contribution in [3.05, 3.63) is 46.0 Å². The molecule has 7 nitrogen and oxygen atoms in total. The second-order valence-electron chi connectivity index (χ2n) is 7.24. The number of carbonyl (C=O) groups excluding carboxylic acids is 1. The lowest BCUT2D eigenvalue weighted by atomic mass is 10.1. The number of thiophene rings is 1. The molecule has 1 saturated heterocycles. The third-order valence-corrected chi connectivity index (χ3v) is 6.38. The number of aromatic nitrogens is 1. The molecule has 1 amide bonds. The van der Waals surface area contributed by atoms with Crippen LogP contribution >= 0.6 is 11.3 Å². The molecule has 9 heteroatoms. The zero-order valence-electron chi connectivity index (χ0n) is 16.4. The highest BCUT2D eigenvalue weighted by molar-refractivity contribution is 7.10. The quantitative estimate of drug-likeness (QED) is 0.585. The first-order valence-corrected chi connectivity index (χ1v) is 10.7. The Morgan fingerprint density at radius 3 is 3.14 bits per heavy atom. The number of pyridine rings is 1. The molecule has 29 heavy (non-hydrogen) atoms. The lowest BCUT2D eigenvalue weighted by Gasteiger charge is -2.27. The average molecular weight is 417 g/mol. The summed E-state index contributed by atoms with van der Waals surface area (Å²) in [5.41, 5.74) is 1.25. The van der Waals surface area contributed by atoms with Crippen LogP contribution in [0.15, 0.2) is 34.8 Å². The molecule has 4 rings (SSSR count). The van der Waals surface area contributed by atoms with E-state index >= 15 is 0 Å². The number of amides is 1. The van der Waals surface area contributed by atoms with Gasteiger partial charge in [-0.3, -0.25) is 9.79 Å². The van der Waals surface area contributed by atoms with Gasteiger partial charge in [-0.2, -0.15) is 0 Å². The first-order valence-electron chi connectivity index (χ1n) is 9.79. The number of guanidine groups is 1. The first-order chi connectivity index (χ1) is 14.1. The molecule has 1 atom stereocenters. The van der Waals surface area contributed by atoms with Gasteiger partial charge in [-0.15, -0.1) is 11.3 Å². The molecule has 2 aromatic heterocycles. The monoisotopic (exact) mass is 416 g/mol. The Morgan fingerprint density at radius 2 is 2.31 bits per heavy atom. The van der Waals surface area contributed by atoms with Crippen molar-refractivity contribution in [1.82, 2.24) is 20.5 Å². The fraction of sp³-hybridized carbons (Fsp3) is 0.450. The van der Waals surface area contributed by atoms with E-state index in [0.29, 0.717) is 24.9 Å². The average Bonchev–Trinajstić information content (AvgIpc) is 3.40. The molecule has 0 radical (unpaired) electrons. The maximum atomic E-state index is 14.0. The molecule has 0 aliphatic carbocycles. The van der Waals surface area contributed by atoms with Gasteiger partial charge in [0.2, 0.25) is 5.91 Å². The molecule has 154 valence electrons. The molecule has 0 aromatic carbocycles.